The summed E-state index contributed by atoms with van der Waals surface area (Å²) in [6, 6.07) is 7.47. The third kappa shape index (κ3) is 4.17. The maximum atomic E-state index is 11.6. The molecule has 5 heteroatoms. The van der Waals surface area contributed by atoms with E-state index in [4.69, 9.17) is 9.47 Å². The van der Waals surface area contributed by atoms with Gasteiger partial charge in [0.05, 0.1) is 17.9 Å². The lowest BCUT2D eigenvalue weighted by Crippen LogP contribution is -2.36. The number of nitrogens with one attached hydrogen (secondary N) is 1. The standard InChI is InChI=1S/C20H24N2O3/c1-4-18(23)22-16-7-8-17(19-15(16)6-5-10-21-19)24-13-14-9-11-25-20(2,3)12-14/h4-8,10,14H,1,9,11-13H2,2-3H3,(H,22,23). The molecule has 1 aliphatic heterocycles. The molecule has 5 nitrogen and oxygen atoms in total. The van der Waals surface area contributed by atoms with E-state index < -0.39 is 0 Å². The summed E-state index contributed by atoms with van der Waals surface area (Å²) in [6.07, 6.45) is 4.96. The maximum absolute atomic E-state index is 11.6. The molecule has 0 saturated carbocycles. The van der Waals surface area contributed by atoms with Crippen molar-refractivity contribution in [1.82, 2.24) is 4.98 Å². The molecule has 1 aromatic heterocycles. The molecular formula is C20H24N2O3. The maximum Gasteiger partial charge on any atom is 0.247 e. The predicted molar refractivity (Wildman–Crippen MR) is 98.8 cm³/mol. The monoisotopic (exact) mass is 340 g/mol. The fraction of sp³-hybridized carbons (Fsp3) is 0.400. The molecule has 2 heterocycles. The summed E-state index contributed by atoms with van der Waals surface area (Å²) >= 11 is 0. The van der Waals surface area contributed by atoms with Crippen molar-refractivity contribution in [1.29, 1.82) is 0 Å². The number of benzene rings is 1. The summed E-state index contributed by atoms with van der Waals surface area (Å²) in [4.78, 5) is 16.1. The molecule has 1 atom stereocenters. The van der Waals surface area contributed by atoms with Gasteiger partial charge in [-0.3, -0.25) is 9.78 Å². The van der Waals surface area contributed by atoms with Crippen molar-refractivity contribution in [2.24, 2.45) is 5.92 Å². The lowest BCUT2D eigenvalue weighted by Gasteiger charge is -2.35. The fourth-order valence-corrected chi connectivity index (χ4v) is 3.26. The third-order valence-corrected chi connectivity index (χ3v) is 4.45. The summed E-state index contributed by atoms with van der Waals surface area (Å²) in [6.45, 7) is 9.13. The van der Waals surface area contributed by atoms with E-state index >= 15 is 0 Å². The summed E-state index contributed by atoms with van der Waals surface area (Å²) in [5.74, 6) is 0.947. The van der Waals surface area contributed by atoms with E-state index in [2.05, 4.69) is 30.7 Å². The number of pyridine rings is 1. The highest BCUT2D eigenvalue weighted by Crippen LogP contribution is 2.32. The molecule has 0 spiro atoms. The molecule has 1 aromatic carbocycles. The lowest BCUT2D eigenvalue weighted by atomic mass is 9.89. The first-order valence-electron chi connectivity index (χ1n) is 8.56. The first-order chi connectivity index (χ1) is 12.0. The Balaban J connectivity index is 1.79. The van der Waals surface area contributed by atoms with E-state index in [-0.39, 0.29) is 11.5 Å². The second-order valence-electron chi connectivity index (χ2n) is 6.98. The van der Waals surface area contributed by atoms with Crippen LogP contribution in [-0.4, -0.2) is 29.7 Å². The zero-order valence-corrected chi connectivity index (χ0v) is 14.7. The lowest BCUT2D eigenvalue weighted by molar-refractivity contribution is -0.111. The molecule has 132 valence electrons. The number of fused-ring (bicyclic) bond motifs is 1. The van der Waals surface area contributed by atoms with E-state index in [9.17, 15) is 4.79 Å². The molecule has 2 aromatic rings. The van der Waals surface area contributed by atoms with E-state index in [1.807, 2.05) is 24.3 Å². The summed E-state index contributed by atoms with van der Waals surface area (Å²) in [7, 11) is 0. The second kappa shape index (κ2) is 7.23. The first kappa shape index (κ1) is 17.4. The molecule has 1 fully saturated rings. The van der Waals surface area contributed by atoms with Gasteiger partial charge in [0.15, 0.2) is 0 Å². The van der Waals surface area contributed by atoms with Crippen LogP contribution in [0.2, 0.25) is 0 Å². The molecule has 3 rings (SSSR count). The molecular weight excluding hydrogens is 316 g/mol. The van der Waals surface area contributed by atoms with Gasteiger partial charge in [-0.2, -0.15) is 0 Å². The zero-order valence-electron chi connectivity index (χ0n) is 14.7. The fourth-order valence-electron chi connectivity index (χ4n) is 3.26. The number of rotatable bonds is 5. The second-order valence-corrected chi connectivity index (χ2v) is 6.98. The number of hydrogen-bond donors (Lipinski definition) is 1. The Labute approximate surface area is 148 Å². The van der Waals surface area contributed by atoms with Crippen LogP contribution >= 0.6 is 0 Å². The molecule has 25 heavy (non-hydrogen) atoms. The van der Waals surface area contributed by atoms with Crippen molar-refractivity contribution in [2.75, 3.05) is 18.5 Å². The largest absolute Gasteiger partial charge is 0.491 e. The minimum atomic E-state index is -0.247. The smallest absolute Gasteiger partial charge is 0.247 e. The highest BCUT2D eigenvalue weighted by Gasteiger charge is 2.29. The SMILES string of the molecule is C=CC(=O)Nc1ccc(OCC2CCOC(C)(C)C2)c2ncccc12. The van der Waals surface area contributed by atoms with Gasteiger partial charge < -0.3 is 14.8 Å². The Morgan fingerprint density at radius 1 is 1.48 bits per heavy atom. The number of nitrogens with zero attached hydrogens (tertiary/aromatic N) is 1. The van der Waals surface area contributed by atoms with Gasteiger partial charge in [-0.05, 0) is 62.9 Å². The van der Waals surface area contributed by atoms with Crippen molar-refractivity contribution in [2.45, 2.75) is 32.3 Å². The first-order valence-corrected chi connectivity index (χ1v) is 8.56. The van der Waals surface area contributed by atoms with Crippen LogP contribution in [-0.2, 0) is 9.53 Å². The quantitative estimate of drug-likeness (QED) is 0.838. The van der Waals surface area contributed by atoms with Crippen molar-refractivity contribution >= 4 is 22.5 Å². The molecule has 1 N–H and O–H groups in total. The molecule has 1 unspecified atom stereocenters. The number of carbonyl (C=O) groups excluding carboxylic acids is 1. The van der Waals surface area contributed by atoms with Gasteiger partial charge in [-0.1, -0.05) is 6.58 Å². The Bertz CT molecular complexity index is 786. The van der Waals surface area contributed by atoms with Gasteiger partial charge in [-0.15, -0.1) is 0 Å². The summed E-state index contributed by atoms with van der Waals surface area (Å²) in [5.41, 5.74) is 1.36. The van der Waals surface area contributed by atoms with Crippen LogP contribution in [0.25, 0.3) is 10.9 Å². The molecule has 1 amide bonds. The number of carbonyl (C=O) groups is 1. The third-order valence-electron chi connectivity index (χ3n) is 4.45. The Kier molecular flexibility index (Phi) is 5.04. The Morgan fingerprint density at radius 2 is 2.32 bits per heavy atom. The van der Waals surface area contributed by atoms with E-state index in [1.54, 1.807) is 6.20 Å². The zero-order chi connectivity index (χ0) is 17.9. The van der Waals surface area contributed by atoms with Crippen molar-refractivity contribution < 1.29 is 14.3 Å². The van der Waals surface area contributed by atoms with Crippen LogP contribution in [0.3, 0.4) is 0 Å². The van der Waals surface area contributed by atoms with E-state index in [0.717, 1.165) is 36.1 Å². The molecule has 0 bridgehead atoms. The average Bonchev–Trinajstić information content (AvgIpc) is 2.60. The molecule has 0 aliphatic carbocycles. The van der Waals surface area contributed by atoms with Crippen LogP contribution in [0.5, 0.6) is 5.75 Å². The van der Waals surface area contributed by atoms with Gasteiger partial charge in [0.2, 0.25) is 5.91 Å². The van der Waals surface area contributed by atoms with Crippen LogP contribution < -0.4 is 10.1 Å². The Hall–Kier alpha value is -2.40. The van der Waals surface area contributed by atoms with Crippen molar-refractivity contribution in [3.63, 3.8) is 0 Å². The van der Waals surface area contributed by atoms with Crippen molar-refractivity contribution in [3.05, 3.63) is 43.1 Å². The van der Waals surface area contributed by atoms with Gasteiger partial charge in [-0.25, -0.2) is 0 Å². The molecule has 1 saturated heterocycles. The van der Waals surface area contributed by atoms with Crippen LogP contribution in [0.4, 0.5) is 5.69 Å². The average molecular weight is 340 g/mol. The number of hydrogen-bond acceptors (Lipinski definition) is 4. The van der Waals surface area contributed by atoms with Gasteiger partial charge in [0, 0.05) is 18.2 Å². The predicted octanol–water partition coefficient (Wildman–Crippen LogP) is 3.94. The highest BCUT2D eigenvalue weighted by molar-refractivity contribution is 6.06. The minimum Gasteiger partial charge on any atom is -0.491 e. The molecule has 0 radical (unpaired) electrons. The van der Waals surface area contributed by atoms with Gasteiger partial charge in [0.25, 0.3) is 0 Å². The number of ether oxygens (including phenoxy) is 2. The van der Waals surface area contributed by atoms with Gasteiger partial charge in [0.1, 0.15) is 11.3 Å². The summed E-state index contributed by atoms with van der Waals surface area (Å²) < 4.78 is 11.9. The Morgan fingerprint density at radius 3 is 3.08 bits per heavy atom. The topological polar surface area (TPSA) is 60.5 Å². The van der Waals surface area contributed by atoms with Gasteiger partial charge >= 0.3 is 0 Å². The number of aromatic nitrogens is 1. The normalized spacial score (nSPS) is 19.4. The van der Waals surface area contributed by atoms with E-state index in [0.29, 0.717) is 18.2 Å². The number of amides is 1. The van der Waals surface area contributed by atoms with Crippen LogP contribution in [0, 0.1) is 5.92 Å². The van der Waals surface area contributed by atoms with Crippen LogP contribution in [0.15, 0.2) is 43.1 Å². The molecule has 1 aliphatic rings. The summed E-state index contributed by atoms with van der Waals surface area (Å²) in [5, 5.41) is 3.66. The van der Waals surface area contributed by atoms with E-state index in [1.165, 1.54) is 6.08 Å². The number of anilines is 1. The minimum absolute atomic E-state index is 0.0918. The highest BCUT2D eigenvalue weighted by atomic mass is 16.5. The van der Waals surface area contributed by atoms with Crippen LogP contribution in [0.1, 0.15) is 26.7 Å². The van der Waals surface area contributed by atoms with Crippen molar-refractivity contribution in [3.8, 4) is 5.75 Å².